The number of nitrogens with zero attached hydrogens (tertiary/aromatic N) is 3. The topological polar surface area (TPSA) is 99.0 Å². The predicted octanol–water partition coefficient (Wildman–Crippen LogP) is 4.29. The molecule has 2 aromatic carbocycles. The van der Waals surface area contributed by atoms with E-state index in [4.69, 9.17) is 14.2 Å². The molecular weight excluding hydrogens is 458 g/mol. The van der Waals surface area contributed by atoms with Gasteiger partial charge in [-0.05, 0) is 63.9 Å². The summed E-state index contributed by atoms with van der Waals surface area (Å²) < 4.78 is 18.1. The van der Waals surface area contributed by atoms with Crippen LogP contribution in [0.4, 0.5) is 5.69 Å². The third-order valence-corrected chi connectivity index (χ3v) is 5.94. The molecule has 36 heavy (non-hydrogen) atoms. The minimum atomic E-state index is -0.362. The molecule has 1 aromatic heterocycles. The number of carbonyl (C=O) groups is 1. The van der Waals surface area contributed by atoms with Crippen LogP contribution in [0.25, 0.3) is 0 Å². The monoisotopic (exact) mass is 493 g/mol. The summed E-state index contributed by atoms with van der Waals surface area (Å²) in [5, 5.41) is 10.7. The van der Waals surface area contributed by atoms with Gasteiger partial charge in [0.15, 0.2) is 11.5 Å². The second-order valence-electron chi connectivity index (χ2n) is 8.30. The molecule has 0 aliphatic rings. The van der Waals surface area contributed by atoms with Crippen molar-refractivity contribution in [3.05, 3.63) is 64.5 Å². The average molecular weight is 494 g/mol. The summed E-state index contributed by atoms with van der Waals surface area (Å²) in [6.45, 7) is 9.47. The normalized spacial score (nSPS) is 11.2. The number of aryl methyl sites for hydroxylation is 3. The highest BCUT2D eigenvalue weighted by molar-refractivity contribution is 6.10. The molecule has 9 nitrogen and oxygen atoms in total. The van der Waals surface area contributed by atoms with E-state index in [1.165, 1.54) is 26.9 Å². The van der Waals surface area contributed by atoms with Gasteiger partial charge in [-0.2, -0.15) is 5.10 Å². The van der Waals surface area contributed by atoms with Gasteiger partial charge < -0.3 is 19.5 Å². The molecule has 0 atom stereocenters. The summed E-state index contributed by atoms with van der Waals surface area (Å²) in [6.07, 6.45) is 0.705. The molecule has 0 aliphatic carbocycles. The maximum Gasteiger partial charge on any atom is 0.258 e. The smallest absolute Gasteiger partial charge is 0.258 e. The summed E-state index contributed by atoms with van der Waals surface area (Å²) in [7, 11) is 4.54. The Kier molecular flexibility index (Phi) is 8.94. The second kappa shape index (κ2) is 12.1. The number of hydrogen-bond donors (Lipinski definition) is 2. The standard InChI is InChI=1S/C27H35N5O4/c1-8-32-19(4)22(18(3)31-32)13-14-28-27(29-21-11-9-17(2)10-12-21)30-26(33)20-15-23(34-5)25(36-7)24(16-20)35-6/h9-12,15-16H,8,13-14H2,1-7H3,(H2,28,29,30,33). The Balaban J connectivity index is 1.86. The molecule has 9 heteroatoms. The number of rotatable bonds is 9. The van der Waals surface area contributed by atoms with Crippen molar-refractivity contribution in [3.8, 4) is 17.2 Å². The fourth-order valence-electron chi connectivity index (χ4n) is 3.96. The first-order chi connectivity index (χ1) is 17.3. The van der Waals surface area contributed by atoms with Gasteiger partial charge >= 0.3 is 0 Å². The third-order valence-electron chi connectivity index (χ3n) is 5.94. The summed E-state index contributed by atoms with van der Waals surface area (Å²) in [5.74, 6) is 1.19. The Morgan fingerprint density at radius 3 is 2.17 bits per heavy atom. The van der Waals surface area contributed by atoms with E-state index < -0.39 is 0 Å². The van der Waals surface area contributed by atoms with Crippen LogP contribution in [0.5, 0.6) is 17.2 Å². The van der Waals surface area contributed by atoms with Crippen molar-refractivity contribution in [3.63, 3.8) is 0 Å². The van der Waals surface area contributed by atoms with Crippen LogP contribution in [0.1, 0.15) is 39.8 Å². The molecule has 0 radical (unpaired) electrons. The van der Waals surface area contributed by atoms with E-state index in [0.717, 1.165) is 29.2 Å². The summed E-state index contributed by atoms with van der Waals surface area (Å²) >= 11 is 0. The Hall–Kier alpha value is -4.01. The van der Waals surface area contributed by atoms with E-state index in [2.05, 4.69) is 34.6 Å². The maximum atomic E-state index is 13.2. The molecule has 3 aromatic rings. The van der Waals surface area contributed by atoms with Gasteiger partial charge in [-0.25, -0.2) is 0 Å². The van der Waals surface area contributed by atoms with Gasteiger partial charge in [0.25, 0.3) is 5.91 Å². The third kappa shape index (κ3) is 6.16. The molecule has 192 valence electrons. The Labute approximate surface area is 212 Å². The van der Waals surface area contributed by atoms with Crippen LogP contribution < -0.4 is 24.8 Å². The zero-order valence-corrected chi connectivity index (χ0v) is 22.1. The second-order valence-corrected chi connectivity index (χ2v) is 8.30. The number of anilines is 1. The van der Waals surface area contributed by atoms with Crippen molar-refractivity contribution in [2.24, 2.45) is 4.99 Å². The fourth-order valence-corrected chi connectivity index (χ4v) is 3.96. The molecular formula is C27H35N5O4. The van der Waals surface area contributed by atoms with Crippen LogP contribution in [0, 0.1) is 20.8 Å². The van der Waals surface area contributed by atoms with Crippen molar-refractivity contribution in [1.82, 2.24) is 15.1 Å². The average Bonchev–Trinajstić information content (AvgIpc) is 3.16. The lowest BCUT2D eigenvalue weighted by Crippen LogP contribution is -2.36. The molecule has 0 fully saturated rings. The summed E-state index contributed by atoms with van der Waals surface area (Å²) in [5.41, 5.74) is 5.61. The number of benzene rings is 2. The minimum absolute atomic E-state index is 0.343. The van der Waals surface area contributed by atoms with Crippen LogP contribution in [0.3, 0.4) is 0 Å². The van der Waals surface area contributed by atoms with Crippen molar-refractivity contribution in [2.75, 3.05) is 33.2 Å². The van der Waals surface area contributed by atoms with Crippen LogP contribution in [-0.4, -0.2) is 49.5 Å². The first-order valence-electron chi connectivity index (χ1n) is 11.8. The number of hydrogen-bond acceptors (Lipinski definition) is 6. The Morgan fingerprint density at radius 1 is 1.00 bits per heavy atom. The van der Waals surface area contributed by atoms with Gasteiger partial charge in [-0.15, -0.1) is 0 Å². The Morgan fingerprint density at radius 2 is 1.64 bits per heavy atom. The van der Waals surface area contributed by atoms with Crippen molar-refractivity contribution >= 4 is 17.6 Å². The van der Waals surface area contributed by atoms with E-state index in [-0.39, 0.29) is 5.91 Å². The van der Waals surface area contributed by atoms with Crippen LogP contribution in [-0.2, 0) is 13.0 Å². The van der Waals surface area contributed by atoms with E-state index in [1.54, 1.807) is 12.1 Å². The van der Waals surface area contributed by atoms with Crippen molar-refractivity contribution in [2.45, 2.75) is 40.7 Å². The zero-order valence-electron chi connectivity index (χ0n) is 22.1. The number of carbonyl (C=O) groups excluding carboxylic acids is 1. The van der Waals surface area contributed by atoms with E-state index in [9.17, 15) is 4.79 Å². The molecule has 0 spiro atoms. The molecule has 0 bridgehead atoms. The first kappa shape index (κ1) is 26.6. The van der Waals surface area contributed by atoms with Crippen LogP contribution >= 0.6 is 0 Å². The van der Waals surface area contributed by atoms with E-state index in [0.29, 0.717) is 41.7 Å². The lowest BCUT2D eigenvalue weighted by atomic mass is 10.1. The predicted molar refractivity (Wildman–Crippen MR) is 142 cm³/mol. The van der Waals surface area contributed by atoms with E-state index >= 15 is 0 Å². The number of nitrogens with one attached hydrogen (secondary N) is 2. The minimum Gasteiger partial charge on any atom is -0.493 e. The van der Waals surface area contributed by atoms with Gasteiger partial charge in [0, 0.05) is 30.0 Å². The summed E-state index contributed by atoms with van der Waals surface area (Å²) in [6, 6.07) is 11.1. The van der Waals surface area contributed by atoms with Crippen LogP contribution in [0.15, 0.2) is 41.4 Å². The number of methoxy groups -OCH3 is 3. The van der Waals surface area contributed by atoms with Gasteiger partial charge in [-0.3, -0.25) is 19.8 Å². The number of aromatic nitrogens is 2. The first-order valence-corrected chi connectivity index (χ1v) is 11.8. The quantitative estimate of drug-likeness (QED) is 0.341. The molecule has 0 unspecified atom stereocenters. The lowest BCUT2D eigenvalue weighted by molar-refractivity contribution is 0.0976. The molecule has 0 saturated heterocycles. The molecule has 0 saturated carbocycles. The molecule has 2 N–H and O–H groups in total. The fraction of sp³-hybridized carbons (Fsp3) is 0.370. The largest absolute Gasteiger partial charge is 0.493 e. The van der Waals surface area contributed by atoms with Crippen molar-refractivity contribution < 1.29 is 19.0 Å². The highest BCUT2D eigenvalue weighted by atomic mass is 16.5. The van der Waals surface area contributed by atoms with E-state index in [1.807, 2.05) is 42.8 Å². The number of amides is 1. The van der Waals surface area contributed by atoms with Gasteiger partial charge in [-0.1, -0.05) is 17.7 Å². The highest BCUT2D eigenvalue weighted by Crippen LogP contribution is 2.38. The number of guanidine groups is 1. The summed E-state index contributed by atoms with van der Waals surface area (Å²) in [4.78, 5) is 17.9. The molecule has 0 aliphatic heterocycles. The van der Waals surface area contributed by atoms with Crippen LogP contribution in [0.2, 0.25) is 0 Å². The van der Waals surface area contributed by atoms with Gasteiger partial charge in [0.2, 0.25) is 11.7 Å². The molecule has 1 heterocycles. The number of ether oxygens (including phenoxy) is 3. The Bertz CT molecular complexity index is 1210. The van der Waals surface area contributed by atoms with Gasteiger partial charge in [0.1, 0.15) is 0 Å². The number of aliphatic imine (C=N–C) groups is 1. The molecule has 1 amide bonds. The molecule has 3 rings (SSSR count). The SMILES string of the molecule is CCn1nc(C)c(CCN=C(NC(=O)c2cc(OC)c(OC)c(OC)c2)Nc2ccc(C)cc2)c1C. The highest BCUT2D eigenvalue weighted by Gasteiger charge is 2.18. The van der Waals surface area contributed by atoms with Crippen molar-refractivity contribution in [1.29, 1.82) is 0 Å². The maximum absolute atomic E-state index is 13.2. The lowest BCUT2D eigenvalue weighted by Gasteiger charge is -2.15. The van der Waals surface area contributed by atoms with Gasteiger partial charge in [0.05, 0.1) is 27.0 Å². The zero-order chi connectivity index (χ0) is 26.2.